The van der Waals surface area contributed by atoms with E-state index >= 15 is 0 Å². The van der Waals surface area contributed by atoms with Crippen molar-refractivity contribution < 1.29 is 12.8 Å². The fourth-order valence-corrected chi connectivity index (χ4v) is 4.29. The Kier molecular flexibility index (Phi) is 6.01. The van der Waals surface area contributed by atoms with Crippen LogP contribution in [0.3, 0.4) is 0 Å². The van der Waals surface area contributed by atoms with Gasteiger partial charge in [-0.15, -0.1) is 10.2 Å². The number of nitrogens with zero attached hydrogens (tertiary/aromatic N) is 2. The van der Waals surface area contributed by atoms with Crippen molar-refractivity contribution in [2.24, 2.45) is 0 Å². The van der Waals surface area contributed by atoms with E-state index < -0.39 is 10.0 Å². The number of sulfonamides is 1. The van der Waals surface area contributed by atoms with Crippen molar-refractivity contribution in [3.8, 4) is 11.5 Å². The third-order valence-electron chi connectivity index (χ3n) is 4.45. The lowest BCUT2D eigenvalue weighted by Crippen LogP contribution is -2.13. The topological polar surface area (TPSA) is 85.1 Å². The molecule has 1 aromatic heterocycles. The fraction of sp³-hybridized carbons (Fsp3) is 0.0435. The molecule has 0 fully saturated rings. The predicted molar refractivity (Wildman–Crippen MR) is 125 cm³/mol. The summed E-state index contributed by atoms with van der Waals surface area (Å²) in [6.45, 7) is 1.90. The van der Waals surface area contributed by atoms with Gasteiger partial charge in [0.2, 0.25) is 11.8 Å². The number of halogens is 1. The molecule has 156 valence electrons. The predicted octanol–water partition coefficient (Wildman–Crippen LogP) is 5.78. The second kappa shape index (κ2) is 8.87. The lowest BCUT2D eigenvalue weighted by atomic mass is 10.2. The third kappa shape index (κ3) is 5.10. The Balaban J connectivity index is 1.64. The Labute approximate surface area is 188 Å². The summed E-state index contributed by atoms with van der Waals surface area (Å²) >= 11 is 3.41. The van der Waals surface area contributed by atoms with E-state index in [9.17, 15) is 8.42 Å². The van der Waals surface area contributed by atoms with E-state index in [2.05, 4.69) is 30.8 Å². The van der Waals surface area contributed by atoms with Crippen LogP contribution >= 0.6 is 15.9 Å². The normalized spacial score (nSPS) is 11.7. The molecule has 31 heavy (non-hydrogen) atoms. The molecule has 1 heterocycles. The first kappa shape index (κ1) is 21.0. The average molecular weight is 496 g/mol. The highest BCUT2D eigenvalue weighted by molar-refractivity contribution is 9.10. The maximum absolute atomic E-state index is 12.8. The van der Waals surface area contributed by atoms with Gasteiger partial charge in [0.15, 0.2) is 0 Å². The van der Waals surface area contributed by atoms with Gasteiger partial charge in [0, 0.05) is 10.5 Å². The van der Waals surface area contributed by atoms with E-state index in [1.165, 1.54) is 0 Å². The Hall–Kier alpha value is -3.23. The van der Waals surface area contributed by atoms with E-state index in [-0.39, 0.29) is 10.8 Å². The summed E-state index contributed by atoms with van der Waals surface area (Å²) in [5, 5.41) is 8.14. The Morgan fingerprint density at radius 1 is 0.935 bits per heavy atom. The number of hydrogen-bond acceptors (Lipinski definition) is 5. The number of aromatic nitrogens is 2. The van der Waals surface area contributed by atoms with Crippen molar-refractivity contribution in [2.75, 3.05) is 4.72 Å². The van der Waals surface area contributed by atoms with E-state index in [0.717, 1.165) is 15.6 Å². The van der Waals surface area contributed by atoms with E-state index in [1.807, 2.05) is 43.3 Å². The molecule has 0 unspecified atom stereocenters. The maximum atomic E-state index is 12.8. The van der Waals surface area contributed by atoms with Crippen molar-refractivity contribution in [2.45, 2.75) is 11.8 Å². The Morgan fingerprint density at radius 2 is 1.68 bits per heavy atom. The molecule has 1 N–H and O–H groups in total. The van der Waals surface area contributed by atoms with Crippen LogP contribution in [0.2, 0.25) is 0 Å². The first-order valence-electron chi connectivity index (χ1n) is 9.37. The molecule has 4 rings (SSSR count). The molecule has 0 bridgehead atoms. The zero-order chi connectivity index (χ0) is 21.8. The molecule has 0 aliphatic rings. The summed E-state index contributed by atoms with van der Waals surface area (Å²) in [5.41, 5.74) is 2.78. The molecule has 6 nitrogen and oxygen atoms in total. The van der Waals surface area contributed by atoms with Crippen LogP contribution in [-0.2, 0) is 10.0 Å². The van der Waals surface area contributed by atoms with Gasteiger partial charge in [0.25, 0.3) is 10.0 Å². The number of nitrogens with one attached hydrogen (secondary N) is 1. The number of hydrogen-bond donors (Lipinski definition) is 1. The zero-order valence-corrected chi connectivity index (χ0v) is 18.9. The van der Waals surface area contributed by atoms with Crippen LogP contribution in [0.15, 0.2) is 86.6 Å². The number of aryl methyl sites for hydroxylation is 1. The summed E-state index contributed by atoms with van der Waals surface area (Å²) in [4.78, 5) is 0.170. The number of anilines is 1. The molecular weight excluding hydrogens is 478 g/mol. The van der Waals surface area contributed by atoms with E-state index in [4.69, 9.17) is 4.42 Å². The summed E-state index contributed by atoms with van der Waals surface area (Å²) < 4.78 is 34.8. The number of benzene rings is 3. The summed E-state index contributed by atoms with van der Waals surface area (Å²) in [6, 6.07) is 21.5. The van der Waals surface area contributed by atoms with Crippen molar-refractivity contribution in [1.29, 1.82) is 0 Å². The second-order valence-corrected chi connectivity index (χ2v) is 9.40. The largest absolute Gasteiger partial charge is 0.417 e. The minimum atomic E-state index is -3.78. The summed E-state index contributed by atoms with van der Waals surface area (Å²) in [5.74, 6) is 0.516. The lowest BCUT2D eigenvalue weighted by Gasteiger charge is -2.11. The molecule has 0 saturated heterocycles. The molecule has 0 aliphatic heterocycles. The molecule has 0 spiro atoms. The van der Waals surface area contributed by atoms with Gasteiger partial charge in [0.1, 0.15) is 0 Å². The van der Waals surface area contributed by atoms with Crippen molar-refractivity contribution in [3.63, 3.8) is 0 Å². The smallest absolute Gasteiger partial charge is 0.261 e. The van der Waals surface area contributed by atoms with Gasteiger partial charge in [-0.2, -0.15) is 0 Å². The number of rotatable bonds is 6. The van der Waals surface area contributed by atoms with Crippen molar-refractivity contribution in [3.05, 3.63) is 94.3 Å². The summed E-state index contributed by atoms with van der Waals surface area (Å²) in [7, 11) is -3.78. The second-order valence-electron chi connectivity index (χ2n) is 6.80. The van der Waals surface area contributed by atoms with Crippen LogP contribution in [0.4, 0.5) is 5.69 Å². The minimum Gasteiger partial charge on any atom is -0.417 e. The van der Waals surface area contributed by atoms with E-state index in [1.54, 1.807) is 48.5 Å². The Bertz CT molecular complexity index is 1330. The molecule has 0 aliphatic carbocycles. The van der Waals surface area contributed by atoms with Crippen molar-refractivity contribution in [1.82, 2.24) is 10.2 Å². The molecule has 0 saturated carbocycles. The van der Waals surface area contributed by atoms with Gasteiger partial charge in [-0.05, 0) is 48.9 Å². The SMILES string of the molecule is Cc1ccc(S(=O)(=O)Nc2ccc(Br)cc2-c2nnc(/C=C/c3ccccc3)o2)cc1. The highest BCUT2D eigenvalue weighted by Gasteiger charge is 2.19. The average Bonchev–Trinajstić information content (AvgIpc) is 3.23. The van der Waals surface area contributed by atoms with Crippen LogP contribution < -0.4 is 4.72 Å². The van der Waals surface area contributed by atoms with Crippen LogP contribution in [0.5, 0.6) is 0 Å². The van der Waals surface area contributed by atoms with Crippen LogP contribution in [0.1, 0.15) is 17.0 Å². The van der Waals surface area contributed by atoms with E-state index in [0.29, 0.717) is 17.1 Å². The molecule has 8 heteroatoms. The van der Waals surface area contributed by atoms with Crippen LogP contribution in [-0.4, -0.2) is 18.6 Å². The molecule has 3 aromatic carbocycles. The zero-order valence-electron chi connectivity index (χ0n) is 16.5. The van der Waals surface area contributed by atoms with Crippen molar-refractivity contribution >= 4 is 43.8 Å². The van der Waals surface area contributed by atoms with Gasteiger partial charge in [0.05, 0.1) is 16.1 Å². The van der Waals surface area contributed by atoms with Crippen LogP contribution in [0, 0.1) is 6.92 Å². The van der Waals surface area contributed by atoms with Gasteiger partial charge in [-0.1, -0.05) is 64.0 Å². The summed E-state index contributed by atoms with van der Waals surface area (Å²) in [6.07, 6.45) is 3.57. The van der Waals surface area contributed by atoms with Gasteiger partial charge < -0.3 is 4.42 Å². The maximum Gasteiger partial charge on any atom is 0.261 e. The standard InChI is InChI=1S/C23H18BrN3O3S/c1-16-7-11-19(12-8-16)31(28,29)27-21-13-10-18(24)15-20(21)23-26-25-22(30-23)14-9-17-5-3-2-4-6-17/h2-15,27H,1H3/b14-9+. The molecule has 0 radical (unpaired) electrons. The first-order valence-corrected chi connectivity index (χ1v) is 11.6. The van der Waals surface area contributed by atoms with Crippen LogP contribution in [0.25, 0.3) is 23.6 Å². The highest BCUT2D eigenvalue weighted by atomic mass is 79.9. The monoisotopic (exact) mass is 495 g/mol. The highest BCUT2D eigenvalue weighted by Crippen LogP contribution is 2.32. The quantitative estimate of drug-likeness (QED) is 0.366. The first-order chi connectivity index (χ1) is 14.9. The Morgan fingerprint density at radius 3 is 2.42 bits per heavy atom. The lowest BCUT2D eigenvalue weighted by molar-refractivity contribution is 0.558. The van der Waals surface area contributed by atoms with Gasteiger partial charge in [-0.3, -0.25) is 4.72 Å². The minimum absolute atomic E-state index is 0.170. The van der Waals surface area contributed by atoms with Gasteiger partial charge in [-0.25, -0.2) is 8.42 Å². The molecule has 4 aromatic rings. The third-order valence-corrected chi connectivity index (χ3v) is 6.32. The molecule has 0 amide bonds. The molecule has 0 atom stereocenters. The van der Waals surface area contributed by atoms with Gasteiger partial charge >= 0.3 is 0 Å². The fourth-order valence-electron chi connectivity index (χ4n) is 2.85. The molecular formula is C23H18BrN3O3S.